The van der Waals surface area contributed by atoms with Crippen molar-refractivity contribution in [1.82, 2.24) is 25.2 Å². The van der Waals surface area contributed by atoms with Crippen molar-refractivity contribution < 1.29 is 13.7 Å². The van der Waals surface area contributed by atoms with Gasteiger partial charge in [-0.05, 0) is 24.3 Å². The molecule has 5 rings (SSSR count). The molecule has 0 aliphatic carbocycles. The Hall–Kier alpha value is -3.55. The number of carbonyl (C=O) groups excluding carboxylic acids is 1. The molecule has 0 bridgehead atoms. The van der Waals surface area contributed by atoms with Crippen LogP contribution in [0.1, 0.15) is 60.8 Å². The van der Waals surface area contributed by atoms with Gasteiger partial charge in [-0.3, -0.25) is 9.78 Å². The van der Waals surface area contributed by atoms with Crippen molar-refractivity contribution >= 4 is 16.7 Å². The number of hydrogen-bond donors (Lipinski definition) is 0. The zero-order valence-corrected chi connectivity index (χ0v) is 16.8. The maximum Gasteiger partial charge on any atom is 0.276 e. The van der Waals surface area contributed by atoms with Gasteiger partial charge in [0.05, 0.1) is 0 Å². The predicted octanol–water partition coefficient (Wildman–Crippen LogP) is 4.37. The lowest BCUT2D eigenvalue weighted by molar-refractivity contribution is 0.0705. The molecule has 4 aromatic rings. The second kappa shape index (κ2) is 7.37. The van der Waals surface area contributed by atoms with Gasteiger partial charge in [0.25, 0.3) is 11.8 Å². The molecule has 8 nitrogen and oxygen atoms in total. The highest BCUT2D eigenvalue weighted by Gasteiger charge is 2.36. The molecule has 3 aromatic heterocycles. The number of hydrogen-bond acceptors (Lipinski definition) is 7. The van der Waals surface area contributed by atoms with Gasteiger partial charge in [0.15, 0.2) is 5.69 Å². The lowest BCUT2D eigenvalue weighted by atomic mass is 10.1. The minimum absolute atomic E-state index is 0.167. The smallest absolute Gasteiger partial charge is 0.276 e. The average molecular weight is 403 g/mol. The third-order valence-corrected chi connectivity index (χ3v) is 5.43. The molecule has 8 heteroatoms. The molecule has 1 aliphatic rings. The summed E-state index contributed by atoms with van der Waals surface area (Å²) in [5.74, 6) is 1.44. The first kappa shape index (κ1) is 18.5. The van der Waals surface area contributed by atoms with Gasteiger partial charge in [0.1, 0.15) is 17.5 Å². The van der Waals surface area contributed by atoms with E-state index in [2.05, 4.69) is 20.3 Å². The molecule has 0 N–H and O–H groups in total. The Morgan fingerprint density at radius 1 is 1.20 bits per heavy atom. The van der Waals surface area contributed by atoms with Crippen LogP contribution < -0.4 is 0 Å². The van der Waals surface area contributed by atoms with Gasteiger partial charge >= 0.3 is 0 Å². The monoisotopic (exact) mass is 403 g/mol. The fourth-order valence-electron chi connectivity index (χ4n) is 3.83. The number of carbonyl (C=O) groups is 1. The minimum Gasteiger partial charge on any atom is -0.417 e. The molecule has 1 saturated heterocycles. The number of aromatic nitrogens is 4. The van der Waals surface area contributed by atoms with E-state index in [1.54, 1.807) is 17.2 Å². The molecule has 30 heavy (non-hydrogen) atoms. The predicted molar refractivity (Wildman–Crippen MR) is 109 cm³/mol. The van der Waals surface area contributed by atoms with E-state index in [0.29, 0.717) is 35.5 Å². The standard InChI is InChI=1S/C22H21N5O3/c1-13(2)18-12-16(26-30-18)22(28)27-11-5-8-17(27)20-24-25-21(29-20)19-15-7-4-3-6-14(15)9-10-23-19/h3-4,6-7,9-10,12-13,17H,5,8,11H2,1-2H3/t17-/m1/s1. The van der Waals surface area contributed by atoms with Crippen LogP contribution in [0.3, 0.4) is 0 Å². The van der Waals surface area contributed by atoms with Crippen LogP contribution in [-0.4, -0.2) is 37.7 Å². The summed E-state index contributed by atoms with van der Waals surface area (Å²) in [7, 11) is 0. The van der Waals surface area contributed by atoms with Crippen LogP contribution in [0.2, 0.25) is 0 Å². The van der Waals surface area contributed by atoms with Crippen molar-refractivity contribution in [2.24, 2.45) is 0 Å². The van der Waals surface area contributed by atoms with Crippen molar-refractivity contribution in [3.05, 3.63) is 59.9 Å². The van der Waals surface area contributed by atoms with E-state index < -0.39 is 0 Å². The van der Waals surface area contributed by atoms with Crippen molar-refractivity contribution in [1.29, 1.82) is 0 Å². The van der Waals surface area contributed by atoms with Gasteiger partial charge < -0.3 is 13.8 Å². The van der Waals surface area contributed by atoms with Crippen LogP contribution in [0.25, 0.3) is 22.4 Å². The summed E-state index contributed by atoms with van der Waals surface area (Å²) in [6.45, 7) is 4.60. The lowest BCUT2D eigenvalue weighted by Gasteiger charge is -2.20. The van der Waals surface area contributed by atoms with E-state index in [0.717, 1.165) is 23.6 Å². The highest BCUT2D eigenvalue weighted by molar-refractivity contribution is 5.93. The van der Waals surface area contributed by atoms with E-state index in [1.165, 1.54) is 0 Å². The summed E-state index contributed by atoms with van der Waals surface area (Å²) in [6, 6.07) is 11.3. The first-order valence-electron chi connectivity index (χ1n) is 10.1. The van der Waals surface area contributed by atoms with Gasteiger partial charge in [-0.25, -0.2) is 0 Å². The van der Waals surface area contributed by atoms with Crippen LogP contribution >= 0.6 is 0 Å². The minimum atomic E-state index is -0.284. The van der Waals surface area contributed by atoms with Gasteiger partial charge in [0.2, 0.25) is 5.89 Å². The fourth-order valence-corrected chi connectivity index (χ4v) is 3.83. The molecule has 0 unspecified atom stereocenters. The molecular formula is C22H21N5O3. The Balaban J connectivity index is 1.44. The first-order valence-corrected chi connectivity index (χ1v) is 10.1. The second-order valence-electron chi connectivity index (χ2n) is 7.75. The Labute approximate surface area is 172 Å². The molecule has 152 valence electrons. The molecule has 4 heterocycles. The van der Waals surface area contributed by atoms with Gasteiger partial charge in [-0.15, -0.1) is 10.2 Å². The molecule has 1 amide bonds. The number of pyridine rings is 1. The third-order valence-electron chi connectivity index (χ3n) is 5.43. The molecule has 0 spiro atoms. The maximum absolute atomic E-state index is 13.0. The van der Waals surface area contributed by atoms with Crippen LogP contribution in [-0.2, 0) is 0 Å². The van der Waals surface area contributed by atoms with Crippen LogP contribution in [0, 0.1) is 0 Å². The van der Waals surface area contributed by atoms with Crippen LogP contribution in [0.4, 0.5) is 0 Å². The summed E-state index contributed by atoms with van der Waals surface area (Å²) in [4.78, 5) is 19.2. The normalized spacial score (nSPS) is 16.6. The van der Waals surface area contributed by atoms with Crippen LogP contribution in [0.15, 0.2) is 51.5 Å². The summed E-state index contributed by atoms with van der Waals surface area (Å²) >= 11 is 0. The van der Waals surface area contributed by atoms with Gasteiger partial charge in [-0.1, -0.05) is 43.3 Å². The Morgan fingerprint density at radius 3 is 2.90 bits per heavy atom. The van der Waals surface area contributed by atoms with E-state index in [4.69, 9.17) is 8.94 Å². The molecule has 1 aromatic carbocycles. The summed E-state index contributed by atoms with van der Waals surface area (Å²) in [5, 5.41) is 14.4. The van der Waals surface area contributed by atoms with Crippen molar-refractivity contribution in [3.8, 4) is 11.6 Å². The first-order chi connectivity index (χ1) is 14.6. The summed E-state index contributed by atoms with van der Waals surface area (Å²) < 4.78 is 11.3. The quantitative estimate of drug-likeness (QED) is 0.499. The number of fused-ring (bicyclic) bond motifs is 1. The highest BCUT2D eigenvalue weighted by atomic mass is 16.5. The molecule has 0 radical (unpaired) electrons. The lowest BCUT2D eigenvalue weighted by Crippen LogP contribution is -2.31. The van der Waals surface area contributed by atoms with Crippen molar-refractivity contribution in [3.63, 3.8) is 0 Å². The van der Waals surface area contributed by atoms with Gasteiger partial charge in [-0.2, -0.15) is 0 Å². The van der Waals surface area contributed by atoms with E-state index >= 15 is 0 Å². The van der Waals surface area contributed by atoms with E-state index in [1.807, 2.05) is 44.2 Å². The Bertz CT molecular complexity index is 1210. The number of likely N-dealkylation sites (tertiary alicyclic amines) is 1. The number of benzene rings is 1. The molecule has 1 aliphatic heterocycles. The second-order valence-corrected chi connectivity index (χ2v) is 7.75. The maximum atomic E-state index is 13.0. The van der Waals surface area contributed by atoms with E-state index in [9.17, 15) is 4.79 Å². The van der Waals surface area contributed by atoms with Crippen molar-refractivity contribution in [2.45, 2.75) is 38.6 Å². The Morgan fingerprint density at radius 2 is 2.07 bits per heavy atom. The number of nitrogens with zero attached hydrogens (tertiary/aromatic N) is 5. The zero-order chi connectivity index (χ0) is 20.7. The summed E-state index contributed by atoms with van der Waals surface area (Å²) in [6.07, 6.45) is 3.34. The summed E-state index contributed by atoms with van der Waals surface area (Å²) in [5.41, 5.74) is 0.946. The number of rotatable bonds is 4. The number of amides is 1. The largest absolute Gasteiger partial charge is 0.417 e. The molecule has 0 saturated carbocycles. The third kappa shape index (κ3) is 3.14. The molecule has 1 fully saturated rings. The van der Waals surface area contributed by atoms with E-state index in [-0.39, 0.29) is 17.9 Å². The van der Waals surface area contributed by atoms with Crippen LogP contribution in [0.5, 0.6) is 0 Å². The Kier molecular flexibility index (Phi) is 4.54. The topological polar surface area (TPSA) is 98.2 Å². The average Bonchev–Trinajstić information content (AvgIpc) is 3.53. The molecule has 1 atom stereocenters. The molecular weight excluding hydrogens is 382 g/mol. The zero-order valence-electron chi connectivity index (χ0n) is 16.8. The SMILES string of the molecule is CC(C)c1cc(C(=O)N2CCC[C@@H]2c2nnc(-c3nccc4ccccc34)o2)no1. The van der Waals surface area contributed by atoms with Crippen molar-refractivity contribution in [2.75, 3.05) is 6.54 Å². The van der Waals surface area contributed by atoms with Gasteiger partial charge in [0, 0.05) is 30.1 Å². The highest BCUT2D eigenvalue weighted by Crippen LogP contribution is 2.34. The fraction of sp³-hybridized carbons (Fsp3) is 0.318.